The van der Waals surface area contributed by atoms with Crippen molar-refractivity contribution >= 4 is 23.4 Å². The maximum Gasteiger partial charge on any atom is 0.267 e. The number of hydrogen-bond donors (Lipinski definition) is 1. The van der Waals surface area contributed by atoms with E-state index in [1.165, 1.54) is 22.3 Å². The van der Waals surface area contributed by atoms with Gasteiger partial charge in [0.05, 0.1) is 18.4 Å². The summed E-state index contributed by atoms with van der Waals surface area (Å²) in [6, 6.07) is 21.0. The van der Waals surface area contributed by atoms with Crippen molar-refractivity contribution in [3.8, 4) is 6.07 Å². The summed E-state index contributed by atoms with van der Waals surface area (Å²) in [5.41, 5.74) is 1.46. The predicted octanol–water partition coefficient (Wildman–Crippen LogP) is 2.83. The van der Waals surface area contributed by atoms with Crippen molar-refractivity contribution in [1.29, 1.82) is 5.26 Å². The van der Waals surface area contributed by atoms with Crippen molar-refractivity contribution in [2.45, 2.75) is 13.1 Å². The van der Waals surface area contributed by atoms with Crippen molar-refractivity contribution in [3.63, 3.8) is 0 Å². The Bertz CT molecular complexity index is 1510. The van der Waals surface area contributed by atoms with Crippen LogP contribution < -0.4 is 15.8 Å². The Kier molecular flexibility index (Phi) is 7.10. The third-order valence-corrected chi connectivity index (χ3v) is 6.33. The summed E-state index contributed by atoms with van der Waals surface area (Å²) in [6.45, 7) is 3.90. The molecular formula is C28H26N6O3. The summed E-state index contributed by atoms with van der Waals surface area (Å²) in [5, 5.41) is 12.4. The molecule has 0 saturated carbocycles. The highest BCUT2D eigenvalue weighted by atomic mass is 16.3. The van der Waals surface area contributed by atoms with E-state index in [0.29, 0.717) is 30.3 Å². The number of carbonyl (C=O) groups is 1. The zero-order valence-electron chi connectivity index (χ0n) is 20.2. The minimum absolute atomic E-state index is 0.135. The fourth-order valence-corrected chi connectivity index (χ4v) is 4.39. The number of furan rings is 1. The number of nitrogens with zero attached hydrogens (tertiary/aromatic N) is 5. The largest absolute Gasteiger partial charge is 0.467 e. The van der Waals surface area contributed by atoms with E-state index in [-0.39, 0.29) is 23.2 Å². The fraction of sp³-hybridized carbons (Fsp3) is 0.214. The number of benzene rings is 1. The third kappa shape index (κ3) is 5.44. The van der Waals surface area contributed by atoms with Crippen LogP contribution >= 0.6 is 0 Å². The Labute approximate surface area is 213 Å². The van der Waals surface area contributed by atoms with Gasteiger partial charge in [0.1, 0.15) is 28.9 Å². The maximum absolute atomic E-state index is 13.5. The molecule has 0 unspecified atom stereocenters. The molecule has 37 heavy (non-hydrogen) atoms. The molecule has 0 bridgehead atoms. The van der Waals surface area contributed by atoms with E-state index in [9.17, 15) is 14.9 Å². The van der Waals surface area contributed by atoms with Crippen molar-refractivity contribution in [1.82, 2.24) is 19.6 Å². The molecule has 5 rings (SSSR count). The van der Waals surface area contributed by atoms with E-state index in [1.54, 1.807) is 30.5 Å². The normalized spacial score (nSPS) is 14.5. The molecule has 1 aliphatic heterocycles. The summed E-state index contributed by atoms with van der Waals surface area (Å²) in [4.78, 5) is 35.4. The molecule has 1 fully saturated rings. The molecule has 9 heteroatoms. The van der Waals surface area contributed by atoms with Crippen LogP contribution in [0.2, 0.25) is 0 Å². The van der Waals surface area contributed by atoms with E-state index in [0.717, 1.165) is 19.6 Å². The van der Waals surface area contributed by atoms with Crippen LogP contribution in [0.15, 0.2) is 87.9 Å². The van der Waals surface area contributed by atoms with E-state index < -0.39 is 5.91 Å². The average Bonchev–Trinajstić information content (AvgIpc) is 3.46. The summed E-state index contributed by atoms with van der Waals surface area (Å²) < 4.78 is 6.66. The van der Waals surface area contributed by atoms with E-state index in [4.69, 9.17) is 9.40 Å². The van der Waals surface area contributed by atoms with Crippen LogP contribution in [0.4, 0.5) is 5.82 Å². The molecule has 4 heterocycles. The molecule has 1 aromatic carbocycles. The lowest BCUT2D eigenvalue weighted by Gasteiger charge is -2.36. The second kappa shape index (κ2) is 10.9. The predicted molar refractivity (Wildman–Crippen MR) is 140 cm³/mol. The number of carbonyl (C=O) groups excluding carboxylic acids is 1. The lowest BCUT2D eigenvalue weighted by atomic mass is 10.1. The quantitative estimate of drug-likeness (QED) is 0.311. The molecule has 1 aliphatic rings. The number of pyridine rings is 1. The van der Waals surface area contributed by atoms with Gasteiger partial charge >= 0.3 is 0 Å². The monoisotopic (exact) mass is 494 g/mol. The molecule has 1 amide bonds. The number of aromatic nitrogens is 2. The molecule has 186 valence electrons. The summed E-state index contributed by atoms with van der Waals surface area (Å²) in [7, 11) is 0. The first-order valence-corrected chi connectivity index (χ1v) is 12.1. The van der Waals surface area contributed by atoms with Gasteiger partial charge in [-0.2, -0.15) is 5.26 Å². The van der Waals surface area contributed by atoms with E-state index in [1.807, 2.05) is 30.3 Å². The Morgan fingerprint density at radius 1 is 1.05 bits per heavy atom. The van der Waals surface area contributed by atoms with Crippen molar-refractivity contribution < 1.29 is 9.21 Å². The Balaban J connectivity index is 1.43. The lowest BCUT2D eigenvalue weighted by molar-refractivity contribution is -0.117. The van der Waals surface area contributed by atoms with Gasteiger partial charge in [-0.25, -0.2) is 4.98 Å². The molecule has 0 atom stereocenters. The van der Waals surface area contributed by atoms with Crippen LogP contribution in [0.25, 0.3) is 11.7 Å². The van der Waals surface area contributed by atoms with Gasteiger partial charge in [0.15, 0.2) is 0 Å². The number of amides is 1. The van der Waals surface area contributed by atoms with Gasteiger partial charge in [-0.1, -0.05) is 36.4 Å². The van der Waals surface area contributed by atoms with Crippen LogP contribution in [0.1, 0.15) is 16.9 Å². The number of hydrogen-bond acceptors (Lipinski definition) is 7. The van der Waals surface area contributed by atoms with Gasteiger partial charge in [-0.15, -0.1) is 0 Å². The average molecular weight is 495 g/mol. The molecule has 0 spiro atoms. The first-order valence-electron chi connectivity index (χ1n) is 12.1. The molecule has 4 aromatic rings. The summed E-state index contributed by atoms with van der Waals surface area (Å²) in [5.74, 6) is 0.448. The second-order valence-corrected chi connectivity index (χ2v) is 8.76. The first-order chi connectivity index (χ1) is 18.1. The van der Waals surface area contributed by atoms with Crippen LogP contribution in [-0.2, 0) is 17.9 Å². The molecule has 0 radical (unpaired) electrons. The third-order valence-electron chi connectivity index (χ3n) is 6.33. The Hall–Kier alpha value is -4.68. The van der Waals surface area contributed by atoms with E-state index in [2.05, 4.69) is 27.2 Å². The molecule has 0 aliphatic carbocycles. The molecule has 9 nitrogen and oxygen atoms in total. The Morgan fingerprint density at radius 2 is 1.84 bits per heavy atom. The van der Waals surface area contributed by atoms with Gasteiger partial charge in [-0.05, 0) is 35.9 Å². The number of rotatable bonds is 7. The standard InChI is InChI=1S/C28H26N6O3/c29-18-22(27(35)30-19-23-9-6-16-37-23)17-24-26(31-25-10-4-5-11-34(25)28(24)36)33-14-12-32(13-15-33)20-21-7-2-1-3-8-21/h1-11,16-17H,12-15,19-20H2,(H,30,35)/b22-17+. The van der Waals surface area contributed by atoms with Gasteiger partial charge in [0.2, 0.25) is 0 Å². The molecule has 1 N–H and O–H groups in total. The fourth-order valence-electron chi connectivity index (χ4n) is 4.39. The van der Waals surface area contributed by atoms with Gasteiger partial charge < -0.3 is 14.6 Å². The zero-order valence-corrected chi connectivity index (χ0v) is 20.2. The summed E-state index contributed by atoms with van der Waals surface area (Å²) in [6.07, 6.45) is 4.49. The molecular weight excluding hydrogens is 468 g/mol. The Morgan fingerprint density at radius 3 is 2.57 bits per heavy atom. The van der Waals surface area contributed by atoms with Gasteiger partial charge in [0.25, 0.3) is 11.5 Å². The van der Waals surface area contributed by atoms with Crippen LogP contribution in [0.3, 0.4) is 0 Å². The number of nitriles is 1. The second-order valence-electron chi connectivity index (χ2n) is 8.76. The van der Waals surface area contributed by atoms with Gasteiger partial charge in [-0.3, -0.25) is 18.9 Å². The van der Waals surface area contributed by atoms with Gasteiger partial charge in [0, 0.05) is 38.9 Å². The highest BCUT2D eigenvalue weighted by Gasteiger charge is 2.23. The van der Waals surface area contributed by atoms with Crippen molar-refractivity contribution in [2.24, 2.45) is 0 Å². The van der Waals surface area contributed by atoms with Crippen LogP contribution in [0, 0.1) is 11.3 Å². The number of anilines is 1. The molecule has 1 saturated heterocycles. The smallest absolute Gasteiger partial charge is 0.267 e. The highest BCUT2D eigenvalue weighted by molar-refractivity contribution is 6.02. The highest BCUT2D eigenvalue weighted by Crippen LogP contribution is 2.21. The van der Waals surface area contributed by atoms with Crippen molar-refractivity contribution in [3.05, 3.63) is 106 Å². The topological polar surface area (TPSA) is 107 Å². The first kappa shape index (κ1) is 24.0. The zero-order chi connectivity index (χ0) is 25.6. The number of nitrogens with one attached hydrogen (secondary N) is 1. The number of piperazine rings is 1. The number of fused-ring (bicyclic) bond motifs is 1. The lowest BCUT2D eigenvalue weighted by Crippen LogP contribution is -2.47. The SMILES string of the molecule is N#C/C(=C\c1c(N2CCN(Cc3ccccc3)CC2)nc2ccccn2c1=O)C(=O)NCc1ccco1. The van der Waals surface area contributed by atoms with Crippen molar-refractivity contribution in [2.75, 3.05) is 31.1 Å². The van der Waals surface area contributed by atoms with Crippen LogP contribution in [-0.4, -0.2) is 46.4 Å². The van der Waals surface area contributed by atoms with E-state index >= 15 is 0 Å². The summed E-state index contributed by atoms with van der Waals surface area (Å²) >= 11 is 0. The molecule has 3 aromatic heterocycles. The minimum Gasteiger partial charge on any atom is -0.467 e. The maximum atomic E-state index is 13.5. The van der Waals surface area contributed by atoms with Crippen LogP contribution in [0.5, 0.6) is 0 Å². The minimum atomic E-state index is -0.588.